The van der Waals surface area contributed by atoms with Crippen LogP contribution < -0.4 is 10.1 Å². The number of nitrogens with zero attached hydrogens (tertiary/aromatic N) is 1. The van der Waals surface area contributed by atoms with Gasteiger partial charge in [0.2, 0.25) is 5.91 Å². The minimum atomic E-state index is -4.70. The number of piperidine rings is 1. The van der Waals surface area contributed by atoms with Crippen LogP contribution >= 0.6 is 12.4 Å². The Morgan fingerprint density at radius 2 is 1.83 bits per heavy atom. The second-order valence-corrected chi connectivity index (χ2v) is 5.35. The molecule has 0 saturated carbocycles. The van der Waals surface area contributed by atoms with Gasteiger partial charge in [-0.1, -0.05) is 12.1 Å². The number of amides is 1. The Balaban J connectivity index is 0.00000264. The number of ether oxygens (including phenoxy) is 1. The molecular weight excluding hydrogens is 333 g/mol. The normalized spacial score (nSPS) is 15.7. The topological polar surface area (TPSA) is 41.6 Å². The van der Waals surface area contributed by atoms with Crippen molar-refractivity contribution in [3.05, 3.63) is 29.8 Å². The molecule has 1 aromatic carbocycles. The third-order valence-electron chi connectivity index (χ3n) is 3.76. The van der Waals surface area contributed by atoms with Crippen molar-refractivity contribution >= 4 is 18.3 Å². The summed E-state index contributed by atoms with van der Waals surface area (Å²) in [4.78, 5) is 14.0. The smallest absolute Gasteiger partial charge is 0.406 e. The summed E-state index contributed by atoms with van der Waals surface area (Å²) in [6.07, 6.45) is -2.69. The van der Waals surface area contributed by atoms with E-state index in [2.05, 4.69) is 10.1 Å². The molecule has 1 aromatic rings. The molecule has 1 amide bonds. The van der Waals surface area contributed by atoms with Crippen LogP contribution in [0.3, 0.4) is 0 Å². The first-order valence-corrected chi connectivity index (χ1v) is 7.16. The minimum Gasteiger partial charge on any atom is -0.406 e. The summed E-state index contributed by atoms with van der Waals surface area (Å²) >= 11 is 0. The molecule has 0 spiro atoms. The third-order valence-corrected chi connectivity index (χ3v) is 3.76. The Morgan fingerprint density at radius 3 is 2.35 bits per heavy atom. The fourth-order valence-electron chi connectivity index (χ4n) is 2.51. The number of benzene rings is 1. The Labute approximate surface area is 139 Å². The van der Waals surface area contributed by atoms with Crippen LogP contribution in [0.5, 0.6) is 5.75 Å². The van der Waals surface area contributed by atoms with E-state index in [-0.39, 0.29) is 36.5 Å². The van der Waals surface area contributed by atoms with E-state index < -0.39 is 6.36 Å². The van der Waals surface area contributed by atoms with Crippen molar-refractivity contribution in [2.75, 3.05) is 20.1 Å². The summed E-state index contributed by atoms with van der Waals surface area (Å²) < 4.78 is 40.0. The summed E-state index contributed by atoms with van der Waals surface area (Å²) in [5.74, 6) is -0.313. The quantitative estimate of drug-likeness (QED) is 0.906. The number of nitrogens with one attached hydrogen (secondary N) is 1. The Morgan fingerprint density at radius 1 is 1.26 bits per heavy atom. The van der Waals surface area contributed by atoms with Gasteiger partial charge < -0.3 is 15.0 Å². The van der Waals surface area contributed by atoms with E-state index in [9.17, 15) is 18.0 Å². The van der Waals surface area contributed by atoms with Crippen LogP contribution in [0.25, 0.3) is 0 Å². The molecule has 1 aliphatic heterocycles. The molecule has 0 bridgehead atoms. The zero-order valence-electron chi connectivity index (χ0n) is 12.7. The van der Waals surface area contributed by atoms with E-state index in [1.54, 1.807) is 11.9 Å². The van der Waals surface area contributed by atoms with Gasteiger partial charge in [0, 0.05) is 13.1 Å². The van der Waals surface area contributed by atoms with E-state index in [1.165, 1.54) is 24.3 Å². The lowest BCUT2D eigenvalue weighted by Gasteiger charge is -2.31. The zero-order valence-corrected chi connectivity index (χ0v) is 13.5. The fraction of sp³-hybridized carbons (Fsp3) is 0.533. The number of halogens is 4. The van der Waals surface area contributed by atoms with Crippen molar-refractivity contribution in [2.45, 2.75) is 31.7 Å². The van der Waals surface area contributed by atoms with Crippen LogP contribution in [0.2, 0.25) is 0 Å². The number of carbonyl (C=O) groups is 1. The third kappa shape index (κ3) is 6.27. The van der Waals surface area contributed by atoms with Crippen LogP contribution in [0.4, 0.5) is 13.2 Å². The van der Waals surface area contributed by atoms with Gasteiger partial charge >= 0.3 is 6.36 Å². The summed E-state index contributed by atoms with van der Waals surface area (Å²) in [6.45, 7) is 1.79. The van der Waals surface area contributed by atoms with Crippen molar-refractivity contribution in [1.29, 1.82) is 0 Å². The van der Waals surface area contributed by atoms with Crippen molar-refractivity contribution in [3.8, 4) is 5.75 Å². The number of hydrogen-bond acceptors (Lipinski definition) is 3. The van der Waals surface area contributed by atoms with Gasteiger partial charge in [0.1, 0.15) is 5.75 Å². The van der Waals surface area contributed by atoms with Crippen LogP contribution in [0, 0.1) is 0 Å². The first-order valence-electron chi connectivity index (χ1n) is 7.16. The van der Waals surface area contributed by atoms with Crippen molar-refractivity contribution in [3.63, 3.8) is 0 Å². The molecule has 0 unspecified atom stereocenters. The molecule has 130 valence electrons. The van der Waals surface area contributed by atoms with Gasteiger partial charge in [0.15, 0.2) is 0 Å². The molecule has 1 aliphatic rings. The predicted molar refractivity (Wildman–Crippen MR) is 82.7 cm³/mol. The molecule has 1 N–H and O–H groups in total. The average Bonchev–Trinajstić information content (AvgIpc) is 2.48. The highest BCUT2D eigenvalue weighted by atomic mass is 35.5. The van der Waals surface area contributed by atoms with Crippen molar-refractivity contribution in [2.24, 2.45) is 0 Å². The van der Waals surface area contributed by atoms with Crippen LogP contribution in [0.1, 0.15) is 18.4 Å². The lowest BCUT2D eigenvalue weighted by Crippen LogP contribution is -2.44. The Bertz CT molecular complexity index is 502. The van der Waals surface area contributed by atoms with E-state index >= 15 is 0 Å². The number of hydrogen-bond donors (Lipinski definition) is 1. The SMILES string of the molecule is CN(C(=O)Cc1ccc(OC(F)(F)F)cc1)C1CCNCC1.Cl. The number of rotatable bonds is 4. The van der Waals surface area contributed by atoms with Gasteiger partial charge in [-0.25, -0.2) is 0 Å². The highest BCUT2D eigenvalue weighted by molar-refractivity contribution is 5.85. The van der Waals surface area contributed by atoms with Crippen LogP contribution in [-0.4, -0.2) is 43.3 Å². The van der Waals surface area contributed by atoms with Crippen LogP contribution in [-0.2, 0) is 11.2 Å². The van der Waals surface area contributed by atoms with Gasteiger partial charge in [-0.2, -0.15) is 0 Å². The molecule has 1 saturated heterocycles. The van der Waals surface area contributed by atoms with Crippen LogP contribution in [0.15, 0.2) is 24.3 Å². The average molecular weight is 353 g/mol. The molecule has 0 aliphatic carbocycles. The monoisotopic (exact) mass is 352 g/mol. The second-order valence-electron chi connectivity index (χ2n) is 5.35. The predicted octanol–water partition coefficient (Wildman–Crippen LogP) is 2.76. The molecule has 1 heterocycles. The highest BCUT2D eigenvalue weighted by Gasteiger charge is 2.31. The van der Waals surface area contributed by atoms with Gasteiger partial charge in [-0.15, -0.1) is 25.6 Å². The molecule has 23 heavy (non-hydrogen) atoms. The molecular formula is C15H20ClF3N2O2. The molecule has 0 radical (unpaired) electrons. The van der Waals surface area contributed by atoms with Gasteiger partial charge in [0.05, 0.1) is 6.42 Å². The minimum absolute atomic E-state index is 0. The summed E-state index contributed by atoms with van der Waals surface area (Å²) in [6, 6.07) is 5.63. The molecule has 2 rings (SSSR count). The second kappa shape index (κ2) is 8.40. The number of likely N-dealkylation sites (N-methyl/N-ethyl adjacent to an activating group) is 1. The van der Waals surface area contributed by atoms with E-state index in [0.717, 1.165) is 25.9 Å². The molecule has 4 nitrogen and oxygen atoms in total. The Hall–Kier alpha value is -1.47. The zero-order chi connectivity index (χ0) is 16.2. The largest absolute Gasteiger partial charge is 0.573 e. The van der Waals surface area contributed by atoms with E-state index in [0.29, 0.717) is 5.56 Å². The lowest BCUT2D eigenvalue weighted by atomic mass is 10.0. The standard InChI is InChI=1S/C15H19F3N2O2.ClH/c1-20(12-6-8-19-9-7-12)14(21)10-11-2-4-13(5-3-11)22-15(16,17)18;/h2-5,12,19H,6-10H2,1H3;1H. The highest BCUT2D eigenvalue weighted by Crippen LogP contribution is 2.23. The van der Waals surface area contributed by atoms with Gasteiger partial charge in [-0.05, 0) is 43.6 Å². The maximum absolute atomic E-state index is 12.2. The Kier molecular flexibility index (Phi) is 7.15. The molecule has 0 atom stereocenters. The molecule has 8 heteroatoms. The molecule has 0 aromatic heterocycles. The lowest BCUT2D eigenvalue weighted by molar-refractivity contribution is -0.274. The molecule has 1 fully saturated rings. The van der Waals surface area contributed by atoms with Gasteiger partial charge in [0.25, 0.3) is 0 Å². The first kappa shape index (κ1) is 19.6. The number of carbonyl (C=O) groups excluding carboxylic acids is 1. The fourth-order valence-corrected chi connectivity index (χ4v) is 2.51. The summed E-state index contributed by atoms with van der Waals surface area (Å²) in [5, 5.41) is 3.24. The van der Waals surface area contributed by atoms with E-state index in [4.69, 9.17) is 0 Å². The first-order chi connectivity index (χ1) is 10.3. The van der Waals surface area contributed by atoms with E-state index in [1.807, 2.05) is 0 Å². The van der Waals surface area contributed by atoms with Gasteiger partial charge in [-0.3, -0.25) is 4.79 Å². The maximum Gasteiger partial charge on any atom is 0.573 e. The van der Waals surface area contributed by atoms with Crippen molar-refractivity contribution in [1.82, 2.24) is 10.2 Å². The summed E-state index contributed by atoms with van der Waals surface area (Å²) in [7, 11) is 1.78. The number of alkyl halides is 3. The summed E-state index contributed by atoms with van der Waals surface area (Å²) in [5.41, 5.74) is 0.667. The maximum atomic E-state index is 12.2. The van der Waals surface area contributed by atoms with Crippen molar-refractivity contribution < 1.29 is 22.7 Å².